The average Bonchev–Trinajstić information content (AvgIpc) is 3.20. The normalized spacial score (nSPS) is 16.5. The van der Waals surface area contributed by atoms with Gasteiger partial charge < -0.3 is 5.32 Å². The Morgan fingerprint density at radius 3 is 2.41 bits per heavy atom. The maximum Gasteiger partial charge on any atom is 0.115 e. The Bertz CT molecular complexity index is 477. The number of hydrogen-bond donors (Lipinski definition) is 1. The first kappa shape index (κ1) is 10.3. The van der Waals surface area contributed by atoms with Gasteiger partial charge in [0.2, 0.25) is 0 Å². The van der Waals surface area contributed by atoms with Crippen LogP contribution in [0.1, 0.15) is 18.4 Å². The maximum atomic E-state index is 4.00. The van der Waals surface area contributed by atoms with Gasteiger partial charge in [0, 0.05) is 12.0 Å². The minimum Gasteiger partial charge on any atom is -0.382 e. The number of benzene rings is 1. The monoisotopic (exact) mass is 225 g/mol. The second-order valence-electron chi connectivity index (χ2n) is 4.63. The molecule has 17 heavy (non-hydrogen) atoms. The number of anilines is 1. The number of aromatic nitrogens is 2. The van der Waals surface area contributed by atoms with E-state index in [9.17, 15) is 0 Å². The molecular formula is C14H15N3. The molecule has 1 saturated carbocycles. The summed E-state index contributed by atoms with van der Waals surface area (Å²) in [5, 5.41) is 3.42. The van der Waals surface area contributed by atoms with Gasteiger partial charge in [-0.05, 0) is 18.4 Å². The van der Waals surface area contributed by atoms with Crippen molar-refractivity contribution in [2.45, 2.75) is 18.3 Å². The SMILES string of the molecule is c1ccc(C2(CNc3cncnc3)CC2)cc1. The van der Waals surface area contributed by atoms with Gasteiger partial charge in [-0.1, -0.05) is 30.3 Å². The zero-order valence-electron chi connectivity index (χ0n) is 9.63. The summed E-state index contributed by atoms with van der Waals surface area (Å²) in [4.78, 5) is 8.01. The second kappa shape index (κ2) is 4.17. The molecule has 1 aromatic heterocycles. The first-order valence-corrected chi connectivity index (χ1v) is 5.94. The summed E-state index contributed by atoms with van der Waals surface area (Å²) >= 11 is 0. The molecule has 0 aliphatic heterocycles. The fourth-order valence-corrected chi connectivity index (χ4v) is 2.17. The minimum absolute atomic E-state index is 0.330. The van der Waals surface area contributed by atoms with E-state index in [2.05, 4.69) is 45.6 Å². The van der Waals surface area contributed by atoms with E-state index in [1.807, 2.05) is 12.4 Å². The van der Waals surface area contributed by atoms with Gasteiger partial charge in [0.25, 0.3) is 0 Å². The van der Waals surface area contributed by atoms with E-state index >= 15 is 0 Å². The molecule has 0 radical (unpaired) electrons. The third-order valence-corrected chi connectivity index (χ3v) is 3.43. The van der Waals surface area contributed by atoms with Crippen molar-refractivity contribution in [3.05, 3.63) is 54.6 Å². The smallest absolute Gasteiger partial charge is 0.115 e. The summed E-state index contributed by atoms with van der Waals surface area (Å²) in [7, 11) is 0. The predicted molar refractivity (Wildman–Crippen MR) is 67.9 cm³/mol. The molecule has 3 rings (SSSR count). The lowest BCUT2D eigenvalue weighted by molar-refractivity contribution is 0.732. The Morgan fingerprint density at radius 1 is 1.06 bits per heavy atom. The molecule has 1 aliphatic carbocycles. The van der Waals surface area contributed by atoms with Crippen LogP contribution in [0.3, 0.4) is 0 Å². The molecule has 0 bridgehead atoms. The summed E-state index contributed by atoms with van der Waals surface area (Å²) in [5.41, 5.74) is 2.76. The van der Waals surface area contributed by atoms with Crippen molar-refractivity contribution < 1.29 is 0 Å². The van der Waals surface area contributed by atoms with E-state index < -0.39 is 0 Å². The third-order valence-electron chi connectivity index (χ3n) is 3.43. The fourth-order valence-electron chi connectivity index (χ4n) is 2.17. The van der Waals surface area contributed by atoms with Crippen molar-refractivity contribution in [1.82, 2.24) is 9.97 Å². The number of nitrogens with zero attached hydrogens (tertiary/aromatic N) is 2. The van der Waals surface area contributed by atoms with Crippen LogP contribution in [0, 0.1) is 0 Å². The molecule has 0 unspecified atom stereocenters. The van der Waals surface area contributed by atoms with Crippen molar-refractivity contribution >= 4 is 5.69 Å². The van der Waals surface area contributed by atoms with E-state index in [-0.39, 0.29) is 0 Å². The highest BCUT2D eigenvalue weighted by Crippen LogP contribution is 2.47. The highest BCUT2D eigenvalue weighted by molar-refractivity contribution is 5.41. The van der Waals surface area contributed by atoms with Crippen molar-refractivity contribution in [2.24, 2.45) is 0 Å². The number of nitrogens with one attached hydrogen (secondary N) is 1. The molecule has 1 N–H and O–H groups in total. The van der Waals surface area contributed by atoms with E-state index in [4.69, 9.17) is 0 Å². The minimum atomic E-state index is 0.330. The van der Waals surface area contributed by atoms with Gasteiger partial charge >= 0.3 is 0 Å². The van der Waals surface area contributed by atoms with Crippen LogP contribution < -0.4 is 5.32 Å². The fraction of sp³-hybridized carbons (Fsp3) is 0.286. The van der Waals surface area contributed by atoms with Gasteiger partial charge in [-0.25, -0.2) is 9.97 Å². The van der Waals surface area contributed by atoms with Gasteiger partial charge in [0.05, 0.1) is 18.1 Å². The van der Waals surface area contributed by atoms with Gasteiger partial charge in [-0.2, -0.15) is 0 Å². The molecule has 2 aromatic rings. The lowest BCUT2D eigenvalue weighted by Crippen LogP contribution is -2.19. The Hall–Kier alpha value is -1.90. The zero-order valence-corrected chi connectivity index (χ0v) is 9.63. The molecule has 1 aromatic carbocycles. The molecule has 0 atom stereocenters. The first-order chi connectivity index (χ1) is 8.39. The lowest BCUT2D eigenvalue weighted by Gasteiger charge is -2.16. The van der Waals surface area contributed by atoms with Gasteiger partial charge in [0.15, 0.2) is 0 Å². The molecule has 0 saturated heterocycles. The average molecular weight is 225 g/mol. The van der Waals surface area contributed by atoms with E-state index in [1.54, 1.807) is 6.33 Å². The summed E-state index contributed by atoms with van der Waals surface area (Å²) in [5.74, 6) is 0. The molecule has 0 spiro atoms. The Balaban J connectivity index is 1.70. The molecule has 3 heteroatoms. The molecule has 86 valence electrons. The van der Waals surface area contributed by atoms with Crippen LogP contribution in [-0.4, -0.2) is 16.5 Å². The van der Waals surface area contributed by atoms with Crippen LogP contribution in [0.5, 0.6) is 0 Å². The summed E-state index contributed by atoms with van der Waals surface area (Å²) in [6.07, 6.45) is 7.70. The molecule has 3 nitrogen and oxygen atoms in total. The molecule has 0 amide bonds. The van der Waals surface area contributed by atoms with Gasteiger partial charge in [-0.15, -0.1) is 0 Å². The van der Waals surface area contributed by atoms with E-state index in [0.717, 1.165) is 12.2 Å². The Kier molecular flexibility index (Phi) is 2.52. The second-order valence-corrected chi connectivity index (χ2v) is 4.63. The largest absolute Gasteiger partial charge is 0.382 e. The van der Waals surface area contributed by atoms with Crippen molar-refractivity contribution in [1.29, 1.82) is 0 Å². The van der Waals surface area contributed by atoms with Crippen molar-refractivity contribution in [3.8, 4) is 0 Å². The highest BCUT2D eigenvalue weighted by Gasteiger charge is 2.43. The predicted octanol–water partition coefficient (Wildman–Crippen LogP) is 2.62. The van der Waals surface area contributed by atoms with E-state index in [0.29, 0.717) is 5.41 Å². The lowest BCUT2D eigenvalue weighted by atomic mass is 9.96. The third kappa shape index (κ3) is 2.13. The molecule has 1 heterocycles. The van der Waals surface area contributed by atoms with Crippen LogP contribution in [0.15, 0.2) is 49.1 Å². The van der Waals surface area contributed by atoms with Gasteiger partial charge in [-0.3, -0.25) is 0 Å². The molecule has 1 aliphatic rings. The zero-order chi connectivity index (χ0) is 11.6. The maximum absolute atomic E-state index is 4.00. The van der Waals surface area contributed by atoms with Crippen LogP contribution in [0.4, 0.5) is 5.69 Å². The van der Waals surface area contributed by atoms with Crippen LogP contribution in [0.25, 0.3) is 0 Å². The Morgan fingerprint density at radius 2 is 1.76 bits per heavy atom. The number of hydrogen-bond acceptors (Lipinski definition) is 3. The summed E-state index contributed by atoms with van der Waals surface area (Å²) in [6, 6.07) is 10.7. The van der Waals surface area contributed by atoms with Crippen LogP contribution in [0.2, 0.25) is 0 Å². The quantitative estimate of drug-likeness (QED) is 0.869. The number of rotatable bonds is 4. The standard InChI is InChI=1S/C14H15N3/c1-2-4-12(5-3-1)14(6-7-14)10-17-13-8-15-11-16-9-13/h1-5,8-9,11,17H,6-7,10H2. The van der Waals surface area contributed by atoms with Crippen molar-refractivity contribution in [2.75, 3.05) is 11.9 Å². The first-order valence-electron chi connectivity index (χ1n) is 5.94. The molecular weight excluding hydrogens is 210 g/mol. The van der Waals surface area contributed by atoms with Crippen LogP contribution >= 0.6 is 0 Å². The highest BCUT2D eigenvalue weighted by atomic mass is 14.9. The molecule has 1 fully saturated rings. The van der Waals surface area contributed by atoms with Crippen LogP contribution in [-0.2, 0) is 5.41 Å². The van der Waals surface area contributed by atoms with E-state index in [1.165, 1.54) is 18.4 Å². The Labute approximate surface area is 101 Å². The van der Waals surface area contributed by atoms with Crippen molar-refractivity contribution in [3.63, 3.8) is 0 Å². The van der Waals surface area contributed by atoms with Gasteiger partial charge in [0.1, 0.15) is 6.33 Å². The summed E-state index contributed by atoms with van der Waals surface area (Å²) < 4.78 is 0. The summed E-state index contributed by atoms with van der Waals surface area (Å²) in [6.45, 7) is 0.963. The topological polar surface area (TPSA) is 37.8 Å².